The summed E-state index contributed by atoms with van der Waals surface area (Å²) in [6, 6.07) is 5.10. The smallest absolute Gasteiger partial charge is 0.146 e. The summed E-state index contributed by atoms with van der Waals surface area (Å²) in [5, 5.41) is 12.6. The maximum Gasteiger partial charge on any atom is 0.146 e. The maximum absolute atomic E-state index is 14.1. The van der Waals surface area contributed by atoms with Crippen LogP contribution in [0, 0.1) is 5.82 Å². The fourth-order valence-electron chi connectivity index (χ4n) is 2.07. The molecular weight excluding hydrogens is 243 g/mol. The molecule has 2 unspecified atom stereocenters. The van der Waals surface area contributed by atoms with Gasteiger partial charge in [-0.2, -0.15) is 0 Å². The summed E-state index contributed by atoms with van der Waals surface area (Å²) in [6.07, 6.45) is 1.04. The van der Waals surface area contributed by atoms with E-state index in [4.69, 9.17) is 0 Å². The van der Waals surface area contributed by atoms with E-state index in [0.29, 0.717) is 5.69 Å². The van der Waals surface area contributed by atoms with Gasteiger partial charge in [0.1, 0.15) is 5.82 Å². The van der Waals surface area contributed by atoms with Gasteiger partial charge in [-0.15, -0.1) is 0 Å². The predicted molar refractivity (Wildman–Crippen MR) is 78.1 cm³/mol. The van der Waals surface area contributed by atoms with Crippen LogP contribution < -0.4 is 10.2 Å². The highest BCUT2D eigenvalue weighted by Crippen LogP contribution is 2.29. The quantitative estimate of drug-likeness (QED) is 0.798. The van der Waals surface area contributed by atoms with Crippen LogP contribution in [0.1, 0.15) is 38.8 Å². The lowest BCUT2D eigenvalue weighted by Crippen LogP contribution is -2.34. The first-order valence-corrected chi connectivity index (χ1v) is 6.88. The minimum Gasteiger partial charge on any atom is -0.394 e. The molecule has 4 heteroatoms. The fourth-order valence-corrected chi connectivity index (χ4v) is 2.07. The zero-order valence-electron chi connectivity index (χ0n) is 12.3. The van der Waals surface area contributed by atoms with Crippen molar-refractivity contribution < 1.29 is 9.50 Å². The molecule has 3 nitrogen and oxygen atoms in total. The highest BCUT2D eigenvalue weighted by Gasteiger charge is 2.20. The molecule has 0 bridgehead atoms. The molecule has 0 fully saturated rings. The first kappa shape index (κ1) is 15.9. The Labute approximate surface area is 115 Å². The number of hydrogen-bond acceptors (Lipinski definition) is 3. The molecule has 0 aromatic heterocycles. The molecular formula is C15H25FN2O. The van der Waals surface area contributed by atoms with E-state index >= 15 is 0 Å². The second-order valence-electron chi connectivity index (χ2n) is 5.00. The van der Waals surface area contributed by atoms with Crippen LogP contribution in [-0.4, -0.2) is 31.3 Å². The molecule has 2 atom stereocenters. The standard InChI is InChI=1S/C15H25FN2O/c1-5-9-17-12(3)13-7-6-8-14(16)15(13)18(4)11(2)10-19/h6-8,11-12,17,19H,5,9-10H2,1-4H3. The molecule has 0 aliphatic rings. The van der Waals surface area contributed by atoms with Gasteiger partial charge in [0, 0.05) is 19.1 Å². The van der Waals surface area contributed by atoms with Gasteiger partial charge in [-0.3, -0.25) is 0 Å². The third kappa shape index (κ3) is 3.91. The van der Waals surface area contributed by atoms with Crippen molar-refractivity contribution in [3.05, 3.63) is 29.6 Å². The third-order valence-corrected chi connectivity index (χ3v) is 3.46. The molecule has 0 amide bonds. The number of nitrogens with one attached hydrogen (secondary N) is 1. The van der Waals surface area contributed by atoms with Crippen molar-refractivity contribution >= 4 is 5.69 Å². The van der Waals surface area contributed by atoms with Crippen LogP contribution in [0.3, 0.4) is 0 Å². The molecule has 0 saturated heterocycles. The van der Waals surface area contributed by atoms with Gasteiger partial charge in [-0.1, -0.05) is 19.1 Å². The van der Waals surface area contributed by atoms with Crippen LogP contribution in [0.4, 0.5) is 10.1 Å². The van der Waals surface area contributed by atoms with Crippen molar-refractivity contribution in [2.45, 2.75) is 39.3 Å². The van der Waals surface area contributed by atoms with Gasteiger partial charge in [0.05, 0.1) is 12.3 Å². The molecule has 0 radical (unpaired) electrons. The van der Waals surface area contributed by atoms with E-state index in [9.17, 15) is 9.50 Å². The summed E-state index contributed by atoms with van der Waals surface area (Å²) in [4.78, 5) is 1.80. The van der Waals surface area contributed by atoms with Crippen molar-refractivity contribution in [2.24, 2.45) is 0 Å². The Morgan fingerprint density at radius 1 is 1.37 bits per heavy atom. The topological polar surface area (TPSA) is 35.5 Å². The van der Waals surface area contributed by atoms with E-state index in [-0.39, 0.29) is 24.5 Å². The molecule has 0 saturated carbocycles. The van der Waals surface area contributed by atoms with Gasteiger partial charge >= 0.3 is 0 Å². The third-order valence-electron chi connectivity index (χ3n) is 3.46. The minimum absolute atomic E-state index is 0.00104. The number of nitrogens with zero attached hydrogens (tertiary/aromatic N) is 1. The summed E-state index contributed by atoms with van der Waals surface area (Å²) >= 11 is 0. The monoisotopic (exact) mass is 268 g/mol. The average molecular weight is 268 g/mol. The molecule has 1 aromatic carbocycles. The second kappa shape index (κ2) is 7.46. The number of hydrogen-bond donors (Lipinski definition) is 2. The number of halogens is 1. The first-order valence-electron chi connectivity index (χ1n) is 6.88. The molecule has 0 aliphatic carbocycles. The lowest BCUT2D eigenvalue weighted by molar-refractivity contribution is 0.269. The van der Waals surface area contributed by atoms with E-state index in [1.807, 2.05) is 27.0 Å². The maximum atomic E-state index is 14.1. The van der Waals surface area contributed by atoms with Crippen LogP contribution in [0.2, 0.25) is 0 Å². The first-order chi connectivity index (χ1) is 9.02. The largest absolute Gasteiger partial charge is 0.394 e. The second-order valence-corrected chi connectivity index (χ2v) is 5.00. The average Bonchev–Trinajstić information content (AvgIpc) is 2.42. The van der Waals surface area contributed by atoms with Crippen molar-refractivity contribution in [3.8, 4) is 0 Å². The summed E-state index contributed by atoms with van der Waals surface area (Å²) in [7, 11) is 1.81. The Morgan fingerprint density at radius 3 is 2.63 bits per heavy atom. The van der Waals surface area contributed by atoms with Crippen molar-refractivity contribution in [1.29, 1.82) is 0 Å². The number of anilines is 1. The van der Waals surface area contributed by atoms with E-state index < -0.39 is 0 Å². The van der Waals surface area contributed by atoms with Gasteiger partial charge < -0.3 is 15.3 Å². The van der Waals surface area contributed by atoms with Crippen LogP contribution in [0.5, 0.6) is 0 Å². The number of aliphatic hydroxyl groups is 1. The zero-order valence-corrected chi connectivity index (χ0v) is 12.3. The summed E-state index contributed by atoms with van der Waals surface area (Å²) in [5.41, 5.74) is 1.50. The van der Waals surface area contributed by atoms with E-state index in [2.05, 4.69) is 12.2 Å². The Bertz CT molecular complexity index is 398. The van der Waals surface area contributed by atoms with Gasteiger partial charge in [0.15, 0.2) is 0 Å². The van der Waals surface area contributed by atoms with E-state index in [0.717, 1.165) is 18.5 Å². The molecule has 2 N–H and O–H groups in total. The molecule has 108 valence electrons. The number of para-hydroxylation sites is 1. The number of aliphatic hydroxyl groups excluding tert-OH is 1. The molecule has 0 heterocycles. The lowest BCUT2D eigenvalue weighted by Gasteiger charge is -2.30. The summed E-state index contributed by atoms with van der Waals surface area (Å²) < 4.78 is 14.1. The molecule has 1 aromatic rings. The van der Waals surface area contributed by atoms with Crippen LogP contribution in [0.25, 0.3) is 0 Å². The molecule has 0 spiro atoms. The van der Waals surface area contributed by atoms with Gasteiger partial charge in [-0.05, 0) is 38.4 Å². The Morgan fingerprint density at radius 2 is 2.05 bits per heavy atom. The van der Waals surface area contributed by atoms with Gasteiger partial charge in [0.2, 0.25) is 0 Å². The van der Waals surface area contributed by atoms with Crippen molar-refractivity contribution in [3.63, 3.8) is 0 Å². The van der Waals surface area contributed by atoms with Crippen molar-refractivity contribution in [1.82, 2.24) is 5.32 Å². The fraction of sp³-hybridized carbons (Fsp3) is 0.600. The molecule has 0 aliphatic heterocycles. The van der Waals surface area contributed by atoms with Crippen LogP contribution in [0.15, 0.2) is 18.2 Å². The van der Waals surface area contributed by atoms with Gasteiger partial charge in [0.25, 0.3) is 0 Å². The summed E-state index contributed by atoms with van der Waals surface area (Å²) in [6.45, 7) is 6.91. The van der Waals surface area contributed by atoms with Crippen LogP contribution in [-0.2, 0) is 0 Å². The van der Waals surface area contributed by atoms with Gasteiger partial charge in [-0.25, -0.2) is 4.39 Å². The minimum atomic E-state index is -0.245. The normalized spacial score (nSPS) is 14.2. The SMILES string of the molecule is CCCNC(C)c1cccc(F)c1N(C)C(C)CO. The zero-order chi connectivity index (χ0) is 14.4. The predicted octanol–water partition coefficient (Wildman–Crippen LogP) is 2.70. The molecule has 1 rings (SSSR count). The Kier molecular flexibility index (Phi) is 6.25. The highest BCUT2D eigenvalue weighted by molar-refractivity contribution is 5.56. The lowest BCUT2D eigenvalue weighted by atomic mass is 10.0. The molecule has 19 heavy (non-hydrogen) atoms. The Hall–Kier alpha value is -1.13. The number of benzene rings is 1. The number of likely N-dealkylation sites (N-methyl/N-ethyl adjacent to an activating group) is 1. The van der Waals surface area contributed by atoms with E-state index in [1.54, 1.807) is 11.0 Å². The highest BCUT2D eigenvalue weighted by atomic mass is 19.1. The van der Waals surface area contributed by atoms with Crippen LogP contribution >= 0.6 is 0 Å². The van der Waals surface area contributed by atoms with Crippen molar-refractivity contribution in [2.75, 3.05) is 25.1 Å². The summed E-state index contributed by atoms with van der Waals surface area (Å²) in [5.74, 6) is -0.245. The Balaban J connectivity index is 3.07. The number of rotatable bonds is 7. The van der Waals surface area contributed by atoms with E-state index in [1.165, 1.54) is 6.07 Å².